The van der Waals surface area contributed by atoms with E-state index < -0.39 is 16.2 Å². The van der Waals surface area contributed by atoms with Crippen molar-refractivity contribution in [3.8, 4) is 11.4 Å². The van der Waals surface area contributed by atoms with E-state index in [2.05, 4.69) is 9.97 Å². The highest BCUT2D eigenvalue weighted by molar-refractivity contribution is 7.71. The monoisotopic (exact) mass is 415 g/mol. The van der Waals surface area contributed by atoms with Gasteiger partial charge in [-0.05, 0) is 31.9 Å². The molecule has 152 valence electrons. The van der Waals surface area contributed by atoms with Crippen LogP contribution in [0.15, 0.2) is 27.8 Å². The van der Waals surface area contributed by atoms with Gasteiger partial charge in [0, 0.05) is 30.3 Å². The van der Waals surface area contributed by atoms with E-state index in [1.165, 1.54) is 15.2 Å². The Balaban J connectivity index is 2.35. The molecule has 0 saturated heterocycles. The Morgan fingerprint density at radius 1 is 1.17 bits per heavy atom. The summed E-state index contributed by atoms with van der Waals surface area (Å²) in [6, 6.07) is 4.58. The van der Waals surface area contributed by atoms with Gasteiger partial charge in [-0.15, -0.1) is 0 Å². The summed E-state index contributed by atoms with van der Waals surface area (Å²) in [7, 11) is 0. The predicted molar refractivity (Wildman–Crippen MR) is 113 cm³/mol. The molecule has 3 aromatic rings. The number of benzene rings is 1. The van der Waals surface area contributed by atoms with Crippen LogP contribution in [0.5, 0.6) is 0 Å². The molecule has 0 amide bonds. The van der Waals surface area contributed by atoms with Crippen LogP contribution in [0.25, 0.3) is 22.4 Å². The highest BCUT2D eigenvalue weighted by Gasteiger charge is 2.17. The van der Waals surface area contributed by atoms with Gasteiger partial charge >= 0.3 is 5.69 Å². The first-order valence-corrected chi connectivity index (χ1v) is 9.74. The molecule has 0 saturated carbocycles. The Labute approximate surface area is 170 Å². The standard InChI is InChI=1S/C19H21N5O4S/c1-4-8-22-16-14(18(25)23(9-5-2)19(22)26)17(29)21-15(20-16)12-6-7-13(24(27)28)11(3)10-12/h6-7,10H,4-5,8-9H2,1-3H3,(H,20,21,29). The highest BCUT2D eigenvalue weighted by atomic mass is 32.1. The highest BCUT2D eigenvalue weighted by Crippen LogP contribution is 2.25. The molecule has 2 aromatic heterocycles. The van der Waals surface area contributed by atoms with Crippen molar-refractivity contribution in [2.24, 2.45) is 0 Å². The molecule has 0 aliphatic carbocycles. The Hall–Kier alpha value is -3.14. The van der Waals surface area contributed by atoms with Crippen molar-refractivity contribution in [2.45, 2.75) is 46.7 Å². The number of aromatic nitrogens is 4. The lowest BCUT2D eigenvalue weighted by Gasteiger charge is -2.14. The number of rotatable bonds is 6. The van der Waals surface area contributed by atoms with Crippen LogP contribution in [0.3, 0.4) is 0 Å². The zero-order valence-electron chi connectivity index (χ0n) is 16.4. The van der Waals surface area contributed by atoms with Crippen molar-refractivity contribution in [3.05, 3.63) is 59.4 Å². The minimum Gasteiger partial charge on any atom is -0.325 e. The van der Waals surface area contributed by atoms with Gasteiger partial charge in [-0.25, -0.2) is 9.78 Å². The molecule has 0 spiro atoms. The molecule has 9 nitrogen and oxygen atoms in total. The molecule has 1 N–H and O–H groups in total. The fourth-order valence-corrected chi connectivity index (χ4v) is 3.59. The van der Waals surface area contributed by atoms with Crippen LogP contribution >= 0.6 is 12.2 Å². The van der Waals surface area contributed by atoms with Gasteiger partial charge in [0.25, 0.3) is 11.2 Å². The van der Waals surface area contributed by atoms with Gasteiger partial charge in [-0.2, -0.15) is 0 Å². The van der Waals surface area contributed by atoms with Crippen LogP contribution in [0.4, 0.5) is 5.69 Å². The number of hydrogen-bond donors (Lipinski definition) is 1. The zero-order chi connectivity index (χ0) is 21.3. The Kier molecular flexibility index (Phi) is 5.73. The Morgan fingerprint density at radius 2 is 1.83 bits per heavy atom. The summed E-state index contributed by atoms with van der Waals surface area (Å²) < 4.78 is 2.79. The summed E-state index contributed by atoms with van der Waals surface area (Å²) in [5, 5.41) is 11.3. The SMILES string of the molecule is CCCn1c(=O)c2c(=S)nc(-c3ccc([N+](=O)[O-])c(C)c3)[nH]c2n(CCC)c1=O. The molecule has 1 aromatic carbocycles. The maximum Gasteiger partial charge on any atom is 0.332 e. The van der Waals surface area contributed by atoms with Crippen molar-refractivity contribution in [2.75, 3.05) is 0 Å². The van der Waals surface area contributed by atoms with Gasteiger partial charge in [0.05, 0.1) is 4.92 Å². The average molecular weight is 415 g/mol. The van der Waals surface area contributed by atoms with Gasteiger partial charge in [-0.1, -0.05) is 26.1 Å². The smallest absolute Gasteiger partial charge is 0.325 e. The number of nitro benzene ring substituents is 1. The summed E-state index contributed by atoms with van der Waals surface area (Å²) in [4.78, 5) is 43.8. The number of aryl methyl sites for hydroxylation is 2. The molecule has 2 heterocycles. The van der Waals surface area contributed by atoms with Crippen LogP contribution in [0.2, 0.25) is 0 Å². The van der Waals surface area contributed by atoms with Crippen molar-refractivity contribution >= 4 is 28.9 Å². The quantitative estimate of drug-likeness (QED) is 0.375. The summed E-state index contributed by atoms with van der Waals surface area (Å²) in [5.41, 5.74) is 0.513. The molecule has 3 rings (SSSR count). The molecule has 0 radical (unpaired) electrons. The van der Waals surface area contributed by atoms with Gasteiger partial charge in [0.1, 0.15) is 21.5 Å². The third-order valence-electron chi connectivity index (χ3n) is 4.65. The van der Waals surface area contributed by atoms with Crippen LogP contribution in [0.1, 0.15) is 32.3 Å². The molecule has 0 bridgehead atoms. The van der Waals surface area contributed by atoms with Crippen LogP contribution in [-0.2, 0) is 13.1 Å². The average Bonchev–Trinajstić information content (AvgIpc) is 2.67. The van der Waals surface area contributed by atoms with Gasteiger partial charge < -0.3 is 4.98 Å². The topological polar surface area (TPSA) is 116 Å². The third kappa shape index (κ3) is 3.63. The van der Waals surface area contributed by atoms with E-state index >= 15 is 0 Å². The van der Waals surface area contributed by atoms with E-state index in [0.717, 1.165) is 0 Å². The second kappa shape index (κ2) is 8.08. The van der Waals surface area contributed by atoms with Crippen LogP contribution < -0.4 is 11.2 Å². The van der Waals surface area contributed by atoms with Crippen molar-refractivity contribution in [1.82, 2.24) is 19.1 Å². The number of H-pyrrole nitrogens is 1. The van der Waals surface area contributed by atoms with Crippen molar-refractivity contribution in [3.63, 3.8) is 0 Å². The summed E-state index contributed by atoms with van der Waals surface area (Å²) in [5.74, 6) is 0.345. The molecule has 0 aliphatic heterocycles. The van der Waals surface area contributed by atoms with E-state index in [-0.39, 0.29) is 15.7 Å². The molecule has 29 heavy (non-hydrogen) atoms. The molecule has 0 fully saturated rings. The number of hydrogen-bond acceptors (Lipinski definition) is 6. The zero-order valence-corrected chi connectivity index (χ0v) is 17.2. The Bertz CT molecular complexity index is 1290. The summed E-state index contributed by atoms with van der Waals surface area (Å²) >= 11 is 5.39. The van der Waals surface area contributed by atoms with Crippen molar-refractivity contribution in [1.29, 1.82) is 0 Å². The first-order valence-electron chi connectivity index (χ1n) is 9.33. The predicted octanol–water partition coefficient (Wildman–Crippen LogP) is 3.32. The van der Waals surface area contributed by atoms with Crippen LogP contribution in [-0.4, -0.2) is 24.0 Å². The summed E-state index contributed by atoms with van der Waals surface area (Å²) in [6.45, 7) is 6.17. The number of nitrogens with zero attached hydrogens (tertiary/aromatic N) is 4. The lowest BCUT2D eigenvalue weighted by molar-refractivity contribution is -0.385. The molecule has 0 unspecified atom stereocenters. The lowest BCUT2D eigenvalue weighted by Crippen LogP contribution is -2.40. The second-order valence-electron chi connectivity index (χ2n) is 6.76. The fourth-order valence-electron chi connectivity index (χ4n) is 3.32. The van der Waals surface area contributed by atoms with E-state index in [4.69, 9.17) is 12.2 Å². The number of nitro groups is 1. The van der Waals surface area contributed by atoms with Crippen molar-refractivity contribution < 1.29 is 4.92 Å². The molecule has 0 aliphatic rings. The first-order chi connectivity index (χ1) is 13.8. The molecular formula is C19H21N5O4S. The van der Waals surface area contributed by atoms with E-state index in [0.29, 0.717) is 48.5 Å². The lowest BCUT2D eigenvalue weighted by atomic mass is 10.1. The van der Waals surface area contributed by atoms with Gasteiger partial charge in [0.15, 0.2) is 0 Å². The normalized spacial score (nSPS) is 11.1. The molecule has 10 heteroatoms. The van der Waals surface area contributed by atoms with Gasteiger partial charge in [-0.3, -0.25) is 24.0 Å². The molecule has 0 atom stereocenters. The number of fused-ring (bicyclic) bond motifs is 1. The van der Waals surface area contributed by atoms with Crippen LogP contribution in [0, 0.1) is 21.7 Å². The van der Waals surface area contributed by atoms with E-state index in [1.54, 1.807) is 19.1 Å². The maximum atomic E-state index is 12.9. The minimum atomic E-state index is -0.459. The fraction of sp³-hybridized carbons (Fsp3) is 0.368. The van der Waals surface area contributed by atoms with Gasteiger partial charge in [0.2, 0.25) is 0 Å². The third-order valence-corrected chi connectivity index (χ3v) is 4.95. The minimum absolute atomic E-state index is 0.00141. The number of aromatic amines is 1. The summed E-state index contributed by atoms with van der Waals surface area (Å²) in [6.07, 6.45) is 1.32. The number of nitrogens with one attached hydrogen (secondary N) is 1. The van der Waals surface area contributed by atoms with E-state index in [9.17, 15) is 19.7 Å². The second-order valence-corrected chi connectivity index (χ2v) is 7.15. The van der Waals surface area contributed by atoms with E-state index in [1.807, 2.05) is 13.8 Å². The maximum absolute atomic E-state index is 12.9. The first kappa shape index (κ1) is 20.6. The molecular weight excluding hydrogens is 394 g/mol. The largest absolute Gasteiger partial charge is 0.332 e. The Morgan fingerprint density at radius 3 is 2.41 bits per heavy atom.